The first-order valence-electron chi connectivity index (χ1n) is 5.81. The third kappa shape index (κ3) is 3.92. The van der Waals surface area contributed by atoms with Gasteiger partial charge in [-0.15, -0.1) is 0 Å². The van der Waals surface area contributed by atoms with E-state index in [0.717, 1.165) is 5.56 Å². The molecule has 1 aromatic carbocycles. The summed E-state index contributed by atoms with van der Waals surface area (Å²) in [6.07, 6.45) is 1.46. The fourth-order valence-electron chi connectivity index (χ4n) is 1.59. The van der Waals surface area contributed by atoms with Gasteiger partial charge in [0.1, 0.15) is 17.6 Å². The molecule has 1 heterocycles. The number of aromatic nitrogens is 1. The molecular formula is C14H11F2N3O. The Balaban J connectivity index is 1.97. The van der Waals surface area contributed by atoms with E-state index in [4.69, 9.17) is 5.26 Å². The van der Waals surface area contributed by atoms with Gasteiger partial charge in [-0.1, -0.05) is 12.1 Å². The maximum Gasteiger partial charge on any atom is 0.387 e. The summed E-state index contributed by atoms with van der Waals surface area (Å²) in [7, 11) is 0. The molecule has 0 fully saturated rings. The van der Waals surface area contributed by atoms with Crippen molar-refractivity contribution in [3.8, 4) is 11.8 Å². The van der Waals surface area contributed by atoms with E-state index in [1.165, 1.54) is 18.3 Å². The first-order valence-corrected chi connectivity index (χ1v) is 5.81. The highest BCUT2D eigenvalue weighted by molar-refractivity contribution is 5.40. The molecule has 0 atom stereocenters. The van der Waals surface area contributed by atoms with Crippen LogP contribution >= 0.6 is 0 Å². The molecule has 0 aliphatic carbocycles. The Kier molecular flexibility index (Phi) is 4.45. The van der Waals surface area contributed by atoms with E-state index in [1.807, 2.05) is 6.07 Å². The number of hydrogen-bond acceptors (Lipinski definition) is 4. The second-order valence-corrected chi connectivity index (χ2v) is 3.92. The van der Waals surface area contributed by atoms with Crippen LogP contribution in [0.15, 0.2) is 42.6 Å². The van der Waals surface area contributed by atoms with E-state index in [2.05, 4.69) is 15.0 Å². The van der Waals surface area contributed by atoms with Crippen molar-refractivity contribution >= 4 is 5.82 Å². The van der Waals surface area contributed by atoms with Gasteiger partial charge in [-0.25, -0.2) is 4.98 Å². The van der Waals surface area contributed by atoms with Crippen LogP contribution in [0.4, 0.5) is 14.6 Å². The number of nitrogens with zero attached hydrogens (tertiary/aromatic N) is 2. The molecule has 20 heavy (non-hydrogen) atoms. The quantitative estimate of drug-likeness (QED) is 0.910. The smallest absolute Gasteiger partial charge is 0.387 e. The summed E-state index contributed by atoms with van der Waals surface area (Å²) >= 11 is 0. The van der Waals surface area contributed by atoms with E-state index in [-0.39, 0.29) is 5.75 Å². The summed E-state index contributed by atoms with van der Waals surface area (Å²) < 4.78 is 28.5. The van der Waals surface area contributed by atoms with E-state index in [1.54, 1.807) is 24.3 Å². The number of alkyl halides is 2. The summed E-state index contributed by atoms with van der Waals surface area (Å²) in [6, 6.07) is 11.7. The molecule has 0 saturated carbocycles. The molecule has 2 rings (SSSR count). The normalized spacial score (nSPS) is 10.1. The van der Waals surface area contributed by atoms with Gasteiger partial charge in [-0.05, 0) is 29.8 Å². The molecule has 102 valence electrons. The van der Waals surface area contributed by atoms with Crippen LogP contribution in [0, 0.1) is 11.3 Å². The highest BCUT2D eigenvalue weighted by Crippen LogP contribution is 2.16. The average molecular weight is 275 g/mol. The molecule has 1 N–H and O–H groups in total. The van der Waals surface area contributed by atoms with Crippen molar-refractivity contribution in [3.05, 3.63) is 53.7 Å². The topological polar surface area (TPSA) is 57.9 Å². The number of pyridine rings is 1. The number of ether oxygens (including phenoxy) is 1. The Hall–Kier alpha value is -2.68. The van der Waals surface area contributed by atoms with Crippen molar-refractivity contribution in [2.45, 2.75) is 13.2 Å². The van der Waals surface area contributed by atoms with Crippen LogP contribution in [0.5, 0.6) is 5.75 Å². The standard InChI is InChI=1S/C14H11F2N3O/c15-14(16)20-12-3-1-2-10(6-12)8-18-13-5-4-11(7-17)9-19-13/h1-6,9,14H,8H2,(H,18,19). The summed E-state index contributed by atoms with van der Waals surface area (Å²) in [5.41, 5.74) is 1.26. The zero-order valence-corrected chi connectivity index (χ0v) is 10.4. The second-order valence-electron chi connectivity index (χ2n) is 3.92. The highest BCUT2D eigenvalue weighted by atomic mass is 19.3. The molecule has 4 nitrogen and oxygen atoms in total. The third-order valence-corrected chi connectivity index (χ3v) is 2.49. The molecule has 0 radical (unpaired) electrons. The van der Waals surface area contributed by atoms with E-state index < -0.39 is 6.61 Å². The van der Waals surface area contributed by atoms with Gasteiger partial charge in [0, 0.05) is 12.7 Å². The predicted molar refractivity (Wildman–Crippen MR) is 69.4 cm³/mol. The van der Waals surface area contributed by atoms with Gasteiger partial charge < -0.3 is 10.1 Å². The number of anilines is 1. The molecule has 0 unspecified atom stereocenters. The van der Waals surface area contributed by atoms with Crippen LogP contribution in [0.25, 0.3) is 0 Å². The van der Waals surface area contributed by atoms with Gasteiger partial charge in [0.05, 0.1) is 5.56 Å². The minimum atomic E-state index is -2.83. The number of nitrogens with one attached hydrogen (secondary N) is 1. The van der Waals surface area contributed by atoms with Crippen LogP contribution in [0.2, 0.25) is 0 Å². The minimum absolute atomic E-state index is 0.118. The van der Waals surface area contributed by atoms with Crippen molar-refractivity contribution in [2.75, 3.05) is 5.32 Å². The fraction of sp³-hybridized carbons (Fsp3) is 0.143. The van der Waals surface area contributed by atoms with Crippen molar-refractivity contribution < 1.29 is 13.5 Å². The number of benzene rings is 1. The van der Waals surface area contributed by atoms with Crippen molar-refractivity contribution in [1.82, 2.24) is 4.98 Å². The van der Waals surface area contributed by atoms with Crippen molar-refractivity contribution in [3.63, 3.8) is 0 Å². The lowest BCUT2D eigenvalue weighted by Crippen LogP contribution is -2.04. The lowest BCUT2D eigenvalue weighted by Gasteiger charge is -2.08. The number of nitriles is 1. The van der Waals surface area contributed by atoms with Crippen molar-refractivity contribution in [2.24, 2.45) is 0 Å². The Labute approximate surface area is 114 Å². The number of halogens is 2. The molecule has 0 aliphatic rings. The Bertz CT molecular complexity index is 609. The Morgan fingerprint density at radius 2 is 2.15 bits per heavy atom. The van der Waals surface area contributed by atoms with Gasteiger partial charge in [0.15, 0.2) is 0 Å². The van der Waals surface area contributed by atoms with Gasteiger partial charge in [0.2, 0.25) is 0 Å². The lowest BCUT2D eigenvalue weighted by atomic mass is 10.2. The summed E-state index contributed by atoms with van der Waals surface area (Å²) in [5.74, 6) is 0.719. The number of rotatable bonds is 5. The number of hydrogen-bond donors (Lipinski definition) is 1. The van der Waals surface area contributed by atoms with Gasteiger partial charge in [-0.2, -0.15) is 14.0 Å². The van der Waals surface area contributed by atoms with Crippen molar-refractivity contribution in [1.29, 1.82) is 5.26 Å². The Morgan fingerprint density at radius 3 is 2.80 bits per heavy atom. The zero-order chi connectivity index (χ0) is 14.4. The molecule has 0 saturated heterocycles. The zero-order valence-electron chi connectivity index (χ0n) is 10.4. The van der Waals surface area contributed by atoms with E-state index in [9.17, 15) is 8.78 Å². The summed E-state index contributed by atoms with van der Waals surface area (Å²) in [6.45, 7) is -2.42. The first kappa shape index (κ1) is 13.7. The molecule has 0 amide bonds. The van der Waals surface area contributed by atoms with Gasteiger partial charge in [-0.3, -0.25) is 0 Å². The fourth-order valence-corrected chi connectivity index (χ4v) is 1.59. The van der Waals surface area contributed by atoms with Crippen LogP contribution in [0.1, 0.15) is 11.1 Å². The maximum absolute atomic E-state index is 12.1. The second kappa shape index (κ2) is 6.48. The molecule has 0 spiro atoms. The molecule has 6 heteroatoms. The van der Waals surface area contributed by atoms with E-state index >= 15 is 0 Å². The predicted octanol–water partition coefficient (Wildman–Crippen LogP) is 3.17. The summed E-state index contributed by atoms with van der Waals surface area (Å²) in [5, 5.41) is 11.7. The van der Waals surface area contributed by atoms with E-state index in [0.29, 0.717) is 17.9 Å². The summed E-state index contributed by atoms with van der Waals surface area (Å²) in [4.78, 5) is 4.05. The third-order valence-electron chi connectivity index (χ3n) is 2.49. The molecular weight excluding hydrogens is 264 g/mol. The van der Waals surface area contributed by atoms with Crippen LogP contribution in [0.3, 0.4) is 0 Å². The highest BCUT2D eigenvalue weighted by Gasteiger charge is 2.04. The maximum atomic E-state index is 12.1. The molecule has 1 aromatic heterocycles. The van der Waals surface area contributed by atoms with Crippen LogP contribution in [-0.2, 0) is 6.54 Å². The minimum Gasteiger partial charge on any atom is -0.435 e. The molecule has 0 aliphatic heterocycles. The largest absolute Gasteiger partial charge is 0.435 e. The SMILES string of the molecule is N#Cc1ccc(NCc2cccc(OC(F)F)c2)nc1. The van der Waals surface area contributed by atoms with Gasteiger partial charge in [0.25, 0.3) is 0 Å². The van der Waals surface area contributed by atoms with Crippen LogP contribution < -0.4 is 10.1 Å². The molecule has 0 bridgehead atoms. The molecule has 2 aromatic rings. The lowest BCUT2D eigenvalue weighted by molar-refractivity contribution is -0.0498. The Morgan fingerprint density at radius 1 is 1.30 bits per heavy atom. The van der Waals surface area contributed by atoms with Crippen LogP contribution in [-0.4, -0.2) is 11.6 Å². The first-order chi connectivity index (χ1) is 9.67. The monoisotopic (exact) mass is 275 g/mol. The van der Waals surface area contributed by atoms with Gasteiger partial charge >= 0.3 is 6.61 Å². The average Bonchev–Trinajstić information content (AvgIpc) is 2.45.